The molecule has 1 aromatic heterocycles. The molecule has 17 heavy (non-hydrogen) atoms. The summed E-state index contributed by atoms with van der Waals surface area (Å²) in [5, 5.41) is 9.60. The second kappa shape index (κ2) is 4.39. The minimum Gasteiger partial charge on any atom is -0.480 e. The summed E-state index contributed by atoms with van der Waals surface area (Å²) in [7, 11) is 0. The summed E-state index contributed by atoms with van der Waals surface area (Å²) in [6.45, 7) is 0. The summed E-state index contributed by atoms with van der Waals surface area (Å²) in [5.41, 5.74) is 7.56. The average Bonchev–Trinajstić information content (AvgIpc) is 2.72. The fourth-order valence-corrected chi connectivity index (χ4v) is 1.83. The van der Waals surface area contributed by atoms with Gasteiger partial charge in [-0.2, -0.15) is 0 Å². The molecule has 2 aromatic rings. The number of fused-ring (bicyclic) bond motifs is 1. The van der Waals surface area contributed by atoms with Crippen LogP contribution in [0.4, 0.5) is 0 Å². The fraction of sp³-hybridized carbons (Fsp3) is 0.167. The normalized spacial score (nSPS) is 12.5. The molecule has 0 spiro atoms. The summed E-state index contributed by atoms with van der Waals surface area (Å²) >= 11 is 0. The van der Waals surface area contributed by atoms with Gasteiger partial charge in [0.25, 0.3) is 0 Å². The van der Waals surface area contributed by atoms with Crippen molar-refractivity contribution in [1.29, 1.82) is 0 Å². The molecule has 1 aromatic carbocycles. The van der Waals surface area contributed by atoms with Gasteiger partial charge < -0.3 is 15.8 Å². The summed E-state index contributed by atoms with van der Waals surface area (Å²) in [5.74, 6) is -1.04. The number of aromatic nitrogens is 1. The van der Waals surface area contributed by atoms with E-state index in [1.807, 2.05) is 6.07 Å². The van der Waals surface area contributed by atoms with Crippen LogP contribution in [0.25, 0.3) is 10.9 Å². The second-order valence-corrected chi connectivity index (χ2v) is 3.85. The molecule has 5 nitrogen and oxygen atoms in total. The monoisotopic (exact) mass is 232 g/mol. The second-order valence-electron chi connectivity index (χ2n) is 3.85. The molecule has 0 aliphatic carbocycles. The Hall–Kier alpha value is -2.14. The number of carbonyl (C=O) groups is 2. The molecular formula is C12H12N2O3. The van der Waals surface area contributed by atoms with Crippen LogP contribution in [0.2, 0.25) is 0 Å². The molecule has 0 unspecified atom stereocenters. The third kappa shape index (κ3) is 2.05. The number of nitrogens with two attached hydrogens (primary N) is 1. The maximum absolute atomic E-state index is 10.8. The van der Waals surface area contributed by atoms with Gasteiger partial charge in [0.05, 0.1) is 5.52 Å². The number of carbonyl (C=O) groups excluding carboxylic acids is 1. The number of hydrogen-bond donors (Lipinski definition) is 3. The number of aliphatic carboxylic acids is 1. The van der Waals surface area contributed by atoms with Crippen LogP contribution in [0.3, 0.4) is 0 Å². The van der Waals surface area contributed by atoms with E-state index in [1.165, 1.54) is 0 Å². The van der Waals surface area contributed by atoms with Crippen molar-refractivity contribution >= 4 is 23.2 Å². The highest BCUT2D eigenvalue weighted by Gasteiger charge is 2.15. The highest BCUT2D eigenvalue weighted by molar-refractivity contribution is 5.97. The molecule has 1 atom stereocenters. The molecule has 5 heteroatoms. The quantitative estimate of drug-likeness (QED) is 0.683. The molecule has 0 bridgehead atoms. The Labute approximate surface area is 97.2 Å². The SMILES string of the molecule is N[C@@H](Cc1c[nH]c2c(C=O)cccc12)C(=O)O. The van der Waals surface area contributed by atoms with Crippen LogP contribution in [0.1, 0.15) is 15.9 Å². The molecule has 4 N–H and O–H groups in total. The van der Waals surface area contributed by atoms with Gasteiger partial charge in [0.2, 0.25) is 0 Å². The maximum atomic E-state index is 10.8. The van der Waals surface area contributed by atoms with E-state index >= 15 is 0 Å². The van der Waals surface area contributed by atoms with Crippen molar-refractivity contribution in [3.63, 3.8) is 0 Å². The van der Waals surface area contributed by atoms with Gasteiger partial charge in [-0.25, -0.2) is 0 Å². The van der Waals surface area contributed by atoms with E-state index in [0.29, 0.717) is 5.56 Å². The predicted octanol–water partition coefficient (Wildman–Crippen LogP) is 0.935. The van der Waals surface area contributed by atoms with Gasteiger partial charge in [0.15, 0.2) is 6.29 Å². The van der Waals surface area contributed by atoms with Crippen molar-refractivity contribution in [3.05, 3.63) is 35.5 Å². The Bertz CT molecular complexity index is 574. The molecule has 88 valence electrons. The lowest BCUT2D eigenvalue weighted by molar-refractivity contribution is -0.138. The molecular weight excluding hydrogens is 220 g/mol. The average molecular weight is 232 g/mol. The van der Waals surface area contributed by atoms with Crippen LogP contribution in [-0.4, -0.2) is 28.4 Å². The van der Waals surface area contributed by atoms with Crippen LogP contribution in [0.15, 0.2) is 24.4 Å². The first-order valence-corrected chi connectivity index (χ1v) is 5.16. The lowest BCUT2D eigenvalue weighted by Crippen LogP contribution is -2.32. The van der Waals surface area contributed by atoms with E-state index in [9.17, 15) is 9.59 Å². The van der Waals surface area contributed by atoms with Crippen molar-refractivity contribution in [2.45, 2.75) is 12.5 Å². The first-order valence-electron chi connectivity index (χ1n) is 5.16. The van der Waals surface area contributed by atoms with Crippen molar-refractivity contribution in [1.82, 2.24) is 4.98 Å². The predicted molar refractivity (Wildman–Crippen MR) is 63.0 cm³/mol. The topological polar surface area (TPSA) is 96.2 Å². The minimum absolute atomic E-state index is 0.234. The van der Waals surface area contributed by atoms with Gasteiger partial charge in [-0.15, -0.1) is 0 Å². The Morgan fingerprint density at radius 3 is 2.94 bits per heavy atom. The summed E-state index contributed by atoms with van der Waals surface area (Å²) in [4.78, 5) is 24.5. The zero-order chi connectivity index (χ0) is 12.4. The van der Waals surface area contributed by atoms with E-state index in [1.54, 1.807) is 18.3 Å². The summed E-state index contributed by atoms with van der Waals surface area (Å²) in [6, 6.07) is 4.36. The molecule has 0 aliphatic heterocycles. The van der Waals surface area contributed by atoms with Crippen LogP contribution in [0, 0.1) is 0 Å². The largest absolute Gasteiger partial charge is 0.480 e. The maximum Gasteiger partial charge on any atom is 0.320 e. The van der Waals surface area contributed by atoms with Gasteiger partial charge >= 0.3 is 5.97 Å². The number of carboxylic acids is 1. The molecule has 0 fully saturated rings. The number of rotatable bonds is 4. The standard InChI is InChI=1S/C12H12N2O3/c13-10(12(16)17)4-8-5-14-11-7(6-15)2-1-3-9(8)11/h1-3,5-6,10,14H,4,13H2,(H,16,17)/t10-/m0/s1. The number of carboxylic acid groups (broad SMARTS) is 1. The zero-order valence-corrected chi connectivity index (χ0v) is 9.01. The molecule has 0 saturated carbocycles. The van der Waals surface area contributed by atoms with E-state index in [0.717, 1.165) is 22.8 Å². The molecule has 0 saturated heterocycles. The van der Waals surface area contributed by atoms with Crippen molar-refractivity contribution < 1.29 is 14.7 Å². The number of para-hydroxylation sites is 1. The van der Waals surface area contributed by atoms with Crippen LogP contribution in [0.5, 0.6) is 0 Å². The Morgan fingerprint density at radius 1 is 1.53 bits per heavy atom. The lowest BCUT2D eigenvalue weighted by atomic mass is 10.0. The van der Waals surface area contributed by atoms with E-state index in [4.69, 9.17) is 10.8 Å². The molecule has 0 radical (unpaired) electrons. The number of hydrogen-bond acceptors (Lipinski definition) is 3. The van der Waals surface area contributed by atoms with E-state index in [-0.39, 0.29) is 6.42 Å². The van der Waals surface area contributed by atoms with Crippen molar-refractivity contribution in [2.24, 2.45) is 5.73 Å². The first kappa shape index (κ1) is 11.3. The summed E-state index contributed by atoms with van der Waals surface area (Å²) < 4.78 is 0. The lowest BCUT2D eigenvalue weighted by Gasteiger charge is -2.04. The van der Waals surface area contributed by atoms with E-state index in [2.05, 4.69) is 4.98 Å². The molecule has 0 aliphatic rings. The number of aromatic amines is 1. The third-order valence-corrected chi connectivity index (χ3v) is 2.72. The van der Waals surface area contributed by atoms with Crippen LogP contribution in [-0.2, 0) is 11.2 Å². The number of aldehydes is 1. The Kier molecular flexibility index (Phi) is 2.93. The van der Waals surface area contributed by atoms with Gasteiger partial charge in [-0.3, -0.25) is 9.59 Å². The van der Waals surface area contributed by atoms with Gasteiger partial charge in [-0.1, -0.05) is 12.1 Å². The molecule has 1 heterocycles. The number of nitrogens with one attached hydrogen (secondary N) is 1. The van der Waals surface area contributed by atoms with Crippen molar-refractivity contribution in [3.8, 4) is 0 Å². The first-order chi connectivity index (χ1) is 8.13. The van der Waals surface area contributed by atoms with Crippen molar-refractivity contribution in [2.75, 3.05) is 0 Å². The highest BCUT2D eigenvalue weighted by atomic mass is 16.4. The van der Waals surface area contributed by atoms with Gasteiger partial charge in [0, 0.05) is 23.6 Å². The van der Waals surface area contributed by atoms with Crippen LogP contribution < -0.4 is 5.73 Å². The highest BCUT2D eigenvalue weighted by Crippen LogP contribution is 2.21. The fourth-order valence-electron chi connectivity index (χ4n) is 1.83. The zero-order valence-electron chi connectivity index (χ0n) is 9.01. The minimum atomic E-state index is -1.04. The smallest absolute Gasteiger partial charge is 0.320 e. The van der Waals surface area contributed by atoms with Gasteiger partial charge in [-0.05, 0) is 11.6 Å². The Morgan fingerprint density at radius 2 is 2.29 bits per heavy atom. The van der Waals surface area contributed by atoms with E-state index < -0.39 is 12.0 Å². The van der Waals surface area contributed by atoms with Crippen LogP contribution >= 0.6 is 0 Å². The number of benzene rings is 1. The van der Waals surface area contributed by atoms with Gasteiger partial charge in [0.1, 0.15) is 6.04 Å². The summed E-state index contributed by atoms with van der Waals surface area (Å²) in [6.07, 6.45) is 2.69. The third-order valence-electron chi connectivity index (χ3n) is 2.72. The Balaban J connectivity index is 2.43. The molecule has 0 amide bonds. The molecule has 2 rings (SSSR count). The number of H-pyrrole nitrogens is 1.